The van der Waals surface area contributed by atoms with Gasteiger partial charge in [0.1, 0.15) is 18.1 Å². The Kier molecular flexibility index (Phi) is 5.40. The fourth-order valence-electron chi connectivity index (χ4n) is 3.25. The first kappa shape index (κ1) is 17.5. The van der Waals surface area contributed by atoms with Crippen molar-refractivity contribution in [3.05, 3.63) is 53.5 Å². The van der Waals surface area contributed by atoms with Crippen LogP contribution in [0.15, 0.2) is 40.8 Å². The van der Waals surface area contributed by atoms with Gasteiger partial charge in [0.2, 0.25) is 0 Å². The van der Waals surface area contributed by atoms with Gasteiger partial charge in [-0.15, -0.1) is 0 Å². The number of aliphatic hydroxyl groups is 1. The van der Waals surface area contributed by atoms with Crippen LogP contribution >= 0.6 is 0 Å². The Bertz CT molecular complexity index is 709. The van der Waals surface area contributed by atoms with Crippen LogP contribution in [0.25, 0.3) is 0 Å². The van der Waals surface area contributed by atoms with Gasteiger partial charge in [-0.3, -0.25) is 4.79 Å². The standard InChI is InChI=1S/C19H23NO5/c1-23-12-15-9-10-17(25-15)19(22)20-11-3-4-16(20)18(21)13-5-7-14(24-2)8-6-13/h5-10,16,18,21H,3-4,11-12H2,1-2H3/t16-,18+/m1/s1. The third kappa shape index (κ3) is 3.70. The largest absolute Gasteiger partial charge is 0.497 e. The molecule has 6 heteroatoms. The van der Waals surface area contributed by atoms with Crippen LogP contribution < -0.4 is 4.74 Å². The van der Waals surface area contributed by atoms with Crippen LogP contribution in [0.3, 0.4) is 0 Å². The number of hydrogen-bond acceptors (Lipinski definition) is 5. The second-order valence-corrected chi connectivity index (χ2v) is 6.13. The number of furan rings is 1. The van der Waals surface area contributed by atoms with Gasteiger partial charge >= 0.3 is 0 Å². The number of hydrogen-bond donors (Lipinski definition) is 1. The van der Waals surface area contributed by atoms with Crippen molar-refractivity contribution in [2.24, 2.45) is 0 Å². The summed E-state index contributed by atoms with van der Waals surface area (Å²) in [7, 11) is 3.18. The molecule has 0 radical (unpaired) electrons. The van der Waals surface area contributed by atoms with E-state index in [1.807, 2.05) is 24.3 Å². The Morgan fingerprint density at radius 3 is 2.72 bits per heavy atom. The summed E-state index contributed by atoms with van der Waals surface area (Å²) in [4.78, 5) is 14.5. The van der Waals surface area contributed by atoms with Crippen molar-refractivity contribution in [1.82, 2.24) is 4.90 Å². The van der Waals surface area contributed by atoms with Gasteiger partial charge in [0, 0.05) is 13.7 Å². The summed E-state index contributed by atoms with van der Waals surface area (Å²) in [5.74, 6) is 1.42. The van der Waals surface area contributed by atoms with Crippen molar-refractivity contribution in [3.63, 3.8) is 0 Å². The Morgan fingerprint density at radius 2 is 2.04 bits per heavy atom. The summed E-state index contributed by atoms with van der Waals surface area (Å²) in [5.41, 5.74) is 0.769. The number of amides is 1. The first-order valence-electron chi connectivity index (χ1n) is 8.34. The smallest absolute Gasteiger partial charge is 0.289 e. The maximum atomic E-state index is 12.8. The van der Waals surface area contributed by atoms with E-state index in [2.05, 4.69) is 0 Å². The zero-order valence-corrected chi connectivity index (χ0v) is 14.5. The van der Waals surface area contributed by atoms with E-state index in [0.29, 0.717) is 18.9 Å². The Balaban J connectivity index is 1.75. The molecule has 1 aromatic heterocycles. The molecule has 1 aliphatic rings. The molecule has 0 unspecified atom stereocenters. The number of nitrogens with zero attached hydrogens (tertiary/aromatic N) is 1. The lowest BCUT2D eigenvalue weighted by Gasteiger charge is -2.28. The molecule has 25 heavy (non-hydrogen) atoms. The van der Waals surface area contributed by atoms with E-state index < -0.39 is 6.10 Å². The van der Waals surface area contributed by atoms with Gasteiger partial charge in [-0.1, -0.05) is 12.1 Å². The molecule has 2 heterocycles. The molecule has 1 amide bonds. The van der Waals surface area contributed by atoms with E-state index in [0.717, 1.165) is 24.2 Å². The highest BCUT2D eigenvalue weighted by Gasteiger charge is 2.36. The van der Waals surface area contributed by atoms with Crippen LogP contribution in [0.5, 0.6) is 5.75 Å². The van der Waals surface area contributed by atoms with Crippen molar-refractivity contribution in [2.75, 3.05) is 20.8 Å². The molecule has 0 saturated carbocycles. The lowest BCUT2D eigenvalue weighted by atomic mass is 10.00. The molecule has 1 saturated heterocycles. The lowest BCUT2D eigenvalue weighted by Crippen LogP contribution is -2.39. The molecule has 0 aliphatic carbocycles. The van der Waals surface area contributed by atoms with Gasteiger partial charge in [-0.05, 0) is 42.7 Å². The van der Waals surface area contributed by atoms with Crippen LogP contribution in [0.2, 0.25) is 0 Å². The number of benzene rings is 1. The number of likely N-dealkylation sites (tertiary alicyclic amines) is 1. The summed E-state index contributed by atoms with van der Waals surface area (Å²) < 4.78 is 15.7. The normalized spacial score (nSPS) is 18.4. The Labute approximate surface area is 147 Å². The summed E-state index contributed by atoms with van der Waals surface area (Å²) >= 11 is 0. The molecule has 2 atom stereocenters. The maximum Gasteiger partial charge on any atom is 0.289 e. The molecule has 1 aromatic carbocycles. The number of carbonyl (C=O) groups is 1. The number of rotatable bonds is 6. The Morgan fingerprint density at radius 1 is 1.28 bits per heavy atom. The molecule has 3 rings (SSSR count). The summed E-state index contributed by atoms with van der Waals surface area (Å²) in [6.07, 6.45) is 0.866. The van der Waals surface area contributed by atoms with Crippen LogP contribution in [0.1, 0.15) is 40.8 Å². The minimum Gasteiger partial charge on any atom is -0.497 e. The first-order valence-corrected chi connectivity index (χ1v) is 8.34. The zero-order chi connectivity index (χ0) is 17.8. The molecule has 134 valence electrons. The van der Waals surface area contributed by atoms with E-state index in [1.165, 1.54) is 0 Å². The van der Waals surface area contributed by atoms with E-state index >= 15 is 0 Å². The summed E-state index contributed by atoms with van der Waals surface area (Å²) in [6, 6.07) is 10.4. The van der Waals surface area contributed by atoms with Gasteiger partial charge in [0.15, 0.2) is 5.76 Å². The highest BCUT2D eigenvalue weighted by molar-refractivity contribution is 5.92. The second kappa shape index (κ2) is 7.72. The van der Waals surface area contributed by atoms with Crippen molar-refractivity contribution in [1.29, 1.82) is 0 Å². The summed E-state index contributed by atoms with van der Waals surface area (Å²) in [5, 5.41) is 10.8. The average Bonchev–Trinajstić information content (AvgIpc) is 3.30. The third-order valence-corrected chi connectivity index (χ3v) is 4.54. The van der Waals surface area contributed by atoms with E-state index in [1.54, 1.807) is 31.3 Å². The SMILES string of the molecule is COCc1ccc(C(=O)N2CCC[C@@H]2[C@@H](O)c2ccc(OC)cc2)o1. The second-order valence-electron chi connectivity index (χ2n) is 6.13. The molecule has 1 N–H and O–H groups in total. The quantitative estimate of drug-likeness (QED) is 0.872. The fraction of sp³-hybridized carbons (Fsp3) is 0.421. The third-order valence-electron chi connectivity index (χ3n) is 4.54. The van der Waals surface area contributed by atoms with Gasteiger partial charge in [0.05, 0.1) is 19.3 Å². The number of ether oxygens (including phenoxy) is 2. The van der Waals surface area contributed by atoms with Crippen molar-refractivity contribution < 1.29 is 23.8 Å². The number of aliphatic hydroxyl groups excluding tert-OH is 1. The van der Waals surface area contributed by atoms with Crippen LogP contribution in [-0.2, 0) is 11.3 Å². The van der Waals surface area contributed by atoms with Crippen molar-refractivity contribution >= 4 is 5.91 Å². The minimum absolute atomic E-state index is 0.197. The van der Waals surface area contributed by atoms with E-state index in [9.17, 15) is 9.90 Å². The topological polar surface area (TPSA) is 72.1 Å². The average molecular weight is 345 g/mol. The minimum atomic E-state index is -0.745. The van der Waals surface area contributed by atoms with Crippen molar-refractivity contribution in [3.8, 4) is 5.75 Å². The molecular weight excluding hydrogens is 322 g/mol. The van der Waals surface area contributed by atoms with E-state index in [4.69, 9.17) is 13.9 Å². The van der Waals surface area contributed by atoms with Crippen LogP contribution in [0, 0.1) is 0 Å². The fourth-order valence-corrected chi connectivity index (χ4v) is 3.25. The Hall–Kier alpha value is -2.31. The van der Waals surface area contributed by atoms with Gasteiger partial charge < -0.3 is 23.9 Å². The molecule has 1 aliphatic heterocycles. The first-order chi connectivity index (χ1) is 12.1. The van der Waals surface area contributed by atoms with Gasteiger partial charge in [-0.2, -0.15) is 0 Å². The van der Waals surface area contributed by atoms with Crippen LogP contribution in [-0.4, -0.2) is 42.7 Å². The molecular formula is C19H23NO5. The maximum absolute atomic E-state index is 12.8. The lowest BCUT2D eigenvalue weighted by molar-refractivity contribution is 0.0456. The molecule has 1 fully saturated rings. The predicted molar refractivity (Wildman–Crippen MR) is 91.4 cm³/mol. The summed E-state index contributed by atoms with van der Waals surface area (Å²) in [6.45, 7) is 0.933. The van der Waals surface area contributed by atoms with Gasteiger partial charge in [-0.25, -0.2) is 0 Å². The van der Waals surface area contributed by atoms with Gasteiger partial charge in [0.25, 0.3) is 5.91 Å². The van der Waals surface area contributed by atoms with Crippen LogP contribution in [0.4, 0.5) is 0 Å². The highest BCUT2D eigenvalue weighted by atomic mass is 16.5. The molecule has 2 aromatic rings. The number of carbonyl (C=O) groups excluding carboxylic acids is 1. The molecule has 0 spiro atoms. The predicted octanol–water partition coefficient (Wildman–Crippen LogP) is 2.77. The zero-order valence-electron chi connectivity index (χ0n) is 14.5. The highest BCUT2D eigenvalue weighted by Crippen LogP contribution is 2.31. The van der Waals surface area contributed by atoms with E-state index in [-0.39, 0.29) is 17.7 Å². The monoisotopic (exact) mass is 345 g/mol. The molecule has 0 bridgehead atoms. The number of methoxy groups -OCH3 is 2. The van der Waals surface area contributed by atoms with Crippen molar-refractivity contribution in [2.45, 2.75) is 31.6 Å². The molecule has 6 nitrogen and oxygen atoms in total.